The number of nitrogens with zero attached hydrogens (tertiary/aromatic N) is 2. The molecule has 0 saturated carbocycles. The van der Waals surface area contributed by atoms with Crippen molar-refractivity contribution in [1.82, 2.24) is 0 Å². The van der Waals surface area contributed by atoms with Crippen LogP contribution < -0.4 is 0 Å². The largest absolute Gasteiger partial charge is 0.506 e. The molecule has 140 valence electrons. The van der Waals surface area contributed by atoms with E-state index in [4.69, 9.17) is 0 Å². The zero-order chi connectivity index (χ0) is 19.9. The van der Waals surface area contributed by atoms with Crippen LogP contribution in [0.5, 0.6) is 11.5 Å². The van der Waals surface area contributed by atoms with E-state index in [2.05, 4.69) is 10.2 Å². The summed E-state index contributed by atoms with van der Waals surface area (Å²) in [5.74, 6) is -0.184. The number of aryl methyl sites for hydroxylation is 3. The summed E-state index contributed by atoms with van der Waals surface area (Å²) in [6.45, 7) is 5.17. The predicted molar refractivity (Wildman–Crippen MR) is 102 cm³/mol. The van der Waals surface area contributed by atoms with Gasteiger partial charge in [0.15, 0.2) is 5.75 Å². The first-order valence-electron chi connectivity index (χ1n) is 8.03. The van der Waals surface area contributed by atoms with Gasteiger partial charge in [-0.2, -0.15) is 8.42 Å². The molecule has 0 atom stereocenters. The average molecular weight is 386 g/mol. The SMILES string of the molecule is Cc1ccc(O)c(N=Nc2c(C)cc3cc(S(=O)(=O)O)cc(C)c3c2O)c1. The molecule has 3 aromatic carbocycles. The van der Waals surface area contributed by atoms with Crippen molar-refractivity contribution in [1.29, 1.82) is 0 Å². The predicted octanol–water partition coefficient (Wildman–Crippen LogP) is 4.84. The van der Waals surface area contributed by atoms with Gasteiger partial charge in [0.05, 0.1) is 4.90 Å². The summed E-state index contributed by atoms with van der Waals surface area (Å²) in [5, 5.41) is 29.5. The molecule has 0 aliphatic heterocycles. The number of phenols is 2. The number of fused-ring (bicyclic) bond motifs is 1. The van der Waals surface area contributed by atoms with E-state index >= 15 is 0 Å². The Balaban J connectivity index is 2.19. The highest BCUT2D eigenvalue weighted by Gasteiger charge is 2.17. The minimum Gasteiger partial charge on any atom is -0.506 e. The summed E-state index contributed by atoms with van der Waals surface area (Å²) in [5.41, 5.74) is 2.41. The Morgan fingerprint density at radius 3 is 2.26 bits per heavy atom. The van der Waals surface area contributed by atoms with Gasteiger partial charge in [0.1, 0.15) is 17.1 Å². The van der Waals surface area contributed by atoms with Gasteiger partial charge in [-0.05, 0) is 73.2 Å². The average Bonchev–Trinajstić information content (AvgIpc) is 2.56. The van der Waals surface area contributed by atoms with Gasteiger partial charge in [-0.1, -0.05) is 6.07 Å². The summed E-state index contributed by atoms with van der Waals surface area (Å²) in [4.78, 5) is -0.245. The molecule has 7 nitrogen and oxygen atoms in total. The highest BCUT2D eigenvalue weighted by molar-refractivity contribution is 7.85. The maximum atomic E-state index is 11.4. The van der Waals surface area contributed by atoms with Crippen molar-refractivity contribution in [3.05, 3.63) is 53.1 Å². The Morgan fingerprint density at radius 2 is 1.59 bits per heavy atom. The second-order valence-corrected chi connectivity index (χ2v) is 7.82. The fourth-order valence-electron chi connectivity index (χ4n) is 2.92. The van der Waals surface area contributed by atoms with Gasteiger partial charge in [-0.25, -0.2) is 0 Å². The summed E-state index contributed by atoms with van der Waals surface area (Å²) in [6, 6.07) is 9.13. The smallest absolute Gasteiger partial charge is 0.294 e. The lowest BCUT2D eigenvalue weighted by molar-refractivity contribution is 0.475. The lowest BCUT2D eigenvalue weighted by atomic mass is 10.0. The summed E-state index contributed by atoms with van der Waals surface area (Å²) >= 11 is 0. The molecule has 0 radical (unpaired) electrons. The molecular formula is C19H18N2O5S. The fourth-order valence-corrected chi connectivity index (χ4v) is 3.52. The standard InChI is InChI=1S/C19H18N2O5S/c1-10-4-5-16(22)15(6-10)20-21-18-12(3)7-13-9-14(27(24,25)26)8-11(2)17(13)19(18)23/h4-9,22-23H,1-3H3,(H,24,25,26). The summed E-state index contributed by atoms with van der Waals surface area (Å²) in [6.07, 6.45) is 0. The van der Waals surface area contributed by atoms with E-state index in [1.807, 2.05) is 6.92 Å². The van der Waals surface area contributed by atoms with Crippen molar-refractivity contribution < 1.29 is 23.2 Å². The van der Waals surface area contributed by atoms with Gasteiger partial charge >= 0.3 is 0 Å². The van der Waals surface area contributed by atoms with Crippen molar-refractivity contribution in [3.63, 3.8) is 0 Å². The molecule has 0 heterocycles. The number of phenolic OH excluding ortho intramolecular Hbond substituents is 2. The van der Waals surface area contributed by atoms with Gasteiger partial charge < -0.3 is 10.2 Å². The second-order valence-electron chi connectivity index (χ2n) is 6.40. The van der Waals surface area contributed by atoms with Crippen LogP contribution in [-0.4, -0.2) is 23.2 Å². The van der Waals surface area contributed by atoms with E-state index < -0.39 is 10.1 Å². The normalized spacial score (nSPS) is 12.1. The number of aromatic hydroxyl groups is 2. The van der Waals surface area contributed by atoms with Crippen LogP contribution in [0.25, 0.3) is 10.8 Å². The molecule has 0 saturated heterocycles. The molecule has 0 bridgehead atoms. The molecule has 8 heteroatoms. The van der Waals surface area contributed by atoms with Crippen LogP contribution in [0.4, 0.5) is 11.4 Å². The lowest BCUT2D eigenvalue weighted by Crippen LogP contribution is -1.99. The van der Waals surface area contributed by atoms with E-state index in [0.29, 0.717) is 21.9 Å². The maximum Gasteiger partial charge on any atom is 0.294 e. The Hall–Kier alpha value is -2.97. The number of hydrogen-bond acceptors (Lipinski definition) is 6. The van der Waals surface area contributed by atoms with E-state index in [1.165, 1.54) is 18.2 Å². The Bertz CT molecular complexity index is 1200. The van der Waals surface area contributed by atoms with E-state index in [9.17, 15) is 23.2 Å². The summed E-state index contributed by atoms with van der Waals surface area (Å²) in [7, 11) is -4.36. The van der Waals surface area contributed by atoms with E-state index in [1.54, 1.807) is 32.0 Å². The molecule has 0 aromatic heterocycles. The minimum absolute atomic E-state index is 0.0312. The highest BCUT2D eigenvalue weighted by atomic mass is 32.2. The molecule has 0 aliphatic carbocycles. The Morgan fingerprint density at radius 1 is 0.889 bits per heavy atom. The van der Waals surface area contributed by atoms with Crippen LogP contribution in [0.3, 0.4) is 0 Å². The van der Waals surface area contributed by atoms with Gasteiger partial charge in [0.25, 0.3) is 10.1 Å². The van der Waals surface area contributed by atoms with Crippen LogP contribution in [0.1, 0.15) is 16.7 Å². The van der Waals surface area contributed by atoms with Crippen molar-refractivity contribution in [2.45, 2.75) is 25.7 Å². The molecule has 0 unspecified atom stereocenters. The number of rotatable bonds is 3. The van der Waals surface area contributed by atoms with Crippen LogP contribution >= 0.6 is 0 Å². The quantitative estimate of drug-likeness (QED) is 0.439. The number of azo groups is 1. The van der Waals surface area contributed by atoms with Crippen molar-refractivity contribution in [2.75, 3.05) is 0 Å². The first-order chi connectivity index (χ1) is 12.6. The highest BCUT2D eigenvalue weighted by Crippen LogP contribution is 2.41. The molecule has 0 fully saturated rings. The molecule has 3 rings (SSSR count). The fraction of sp³-hybridized carbons (Fsp3) is 0.158. The van der Waals surface area contributed by atoms with Gasteiger partial charge in [0, 0.05) is 5.39 Å². The molecule has 0 spiro atoms. The van der Waals surface area contributed by atoms with Crippen molar-refractivity contribution in [2.24, 2.45) is 10.2 Å². The molecule has 3 aromatic rings. The Labute approximate surface area is 156 Å². The summed E-state index contributed by atoms with van der Waals surface area (Å²) < 4.78 is 32.1. The van der Waals surface area contributed by atoms with E-state index in [0.717, 1.165) is 5.56 Å². The minimum atomic E-state index is -4.36. The third-order valence-corrected chi connectivity index (χ3v) is 5.06. The van der Waals surface area contributed by atoms with Gasteiger partial charge in [-0.15, -0.1) is 10.2 Å². The van der Waals surface area contributed by atoms with Crippen LogP contribution in [0, 0.1) is 20.8 Å². The first kappa shape index (κ1) is 18.8. The zero-order valence-corrected chi connectivity index (χ0v) is 15.7. The number of benzene rings is 3. The Kier molecular flexibility index (Phi) is 4.63. The molecule has 0 amide bonds. The van der Waals surface area contributed by atoms with Gasteiger partial charge in [-0.3, -0.25) is 4.55 Å². The first-order valence-corrected chi connectivity index (χ1v) is 9.47. The molecule has 0 aliphatic rings. The monoisotopic (exact) mass is 386 g/mol. The maximum absolute atomic E-state index is 11.4. The molecular weight excluding hydrogens is 368 g/mol. The lowest BCUT2D eigenvalue weighted by Gasteiger charge is -2.11. The van der Waals surface area contributed by atoms with Gasteiger partial charge in [0.2, 0.25) is 0 Å². The van der Waals surface area contributed by atoms with E-state index in [-0.39, 0.29) is 27.8 Å². The molecule has 27 heavy (non-hydrogen) atoms. The van der Waals surface area contributed by atoms with Crippen molar-refractivity contribution >= 4 is 32.3 Å². The third kappa shape index (κ3) is 3.62. The number of hydrogen-bond donors (Lipinski definition) is 3. The zero-order valence-electron chi connectivity index (χ0n) is 14.9. The van der Waals surface area contributed by atoms with Crippen LogP contribution in [0.2, 0.25) is 0 Å². The van der Waals surface area contributed by atoms with Crippen molar-refractivity contribution in [3.8, 4) is 11.5 Å². The third-order valence-electron chi connectivity index (χ3n) is 4.23. The topological polar surface area (TPSA) is 120 Å². The molecule has 3 N–H and O–H groups in total. The van der Waals surface area contributed by atoms with Crippen LogP contribution in [0.15, 0.2) is 51.5 Å². The second kappa shape index (κ2) is 6.64. The van der Waals surface area contributed by atoms with Crippen LogP contribution in [-0.2, 0) is 10.1 Å².